The molecule has 0 saturated heterocycles. The van der Waals surface area contributed by atoms with E-state index in [0.717, 1.165) is 16.7 Å². The lowest BCUT2D eigenvalue weighted by Crippen LogP contribution is -2.40. The number of hydrogen-bond acceptors (Lipinski definition) is 6. The van der Waals surface area contributed by atoms with Gasteiger partial charge in [0.1, 0.15) is 12.4 Å². The van der Waals surface area contributed by atoms with Gasteiger partial charge in [0, 0.05) is 10.0 Å². The average Bonchev–Trinajstić information content (AvgIpc) is 3.22. The Labute approximate surface area is 245 Å². The minimum Gasteiger partial charge on any atom is -0.489 e. The van der Waals surface area contributed by atoms with Crippen LogP contribution in [0.3, 0.4) is 0 Å². The first kappa shape index (κ1) is 27.9. The summed E-state index contributed by atoms with van der Waals surface area (Å²) in [7, 11) is 0. The Balaban J connectivity index is 1.49. The zero-order chi connectivity index (χ0) is 28.4. The third kappa shape index (κ3) is 6.07. The molecule has 1 aliphatic heterocycles. The SMILES string of the molecule is CC1=C(C(=O)OC(C)C)C(c2ccc(Cl)cc2)n2c(s/c(=C\c3ccc(OCc4ccc(Cl)cc4)cc3)c2=O)=N1. The van der Waals surface area contributed by atoms with Crippen molar-refractivity contribution in [1.82, 2.24) is 4.57 Å². The molecule has 4 aromatic rings. The molecule has 1 aromatic heterocycles. The lowest BCUT2D eigenvalue weighted by atomic mass is 9.96. The van der Waals surface area contributed by atoms with Crippen LogP contribution in [0.15, 0.2) is 93.9 Å². The Morgan fingerprint density at radius 1 is 1.00 bits per heavy atom. The first-order valence-electron chi connectivity index (χ1n) is 12.7. The van der Waals surface area contributed by atoms with Crippen molar-refractivity contribution in [3.8, 4) is 5.75 Å². The summed E-state index contributed by atoms with van der Waals surface area (Å²) in [5.41, 5.74) is 3.19. The van der Waals surface area contributed by atoms with E-state index in [2.05, 4.69) is 4.99 Å². The highest BCUT2D eigenvalue weighted by Gasteiger charge is 2.33. The highest BCUT2D eigenvalue weighted by atomic mass is 35.5. The van der Waals surface area contributed by atoms with Crippen molar-refractivity contribution >= 4 is 46.6 Å². The second-order valence-corrected chi connectivity index (χ2v) is 11.5. The third-order valence-electron chi connectivity index (χ3n) is 6.27. The van der Waals surface area contributed by atoms with Crippen LogP contribution < -0.4 is 19.6 Å². The van der Waals surface area contributed by atoms with Crippen molar-refractivity contribution < 1.29 is 14.3 Å². The number of rotatable bonds is 7. The Morgan fingerprint density at radius 3 is 2.25 bits per heavy atom. The van der Waals surface area contributed by atoms with Gasteiger partial charge in [0.15, 0.2) is 4.80 Å². The number of benzene rings is 3. The van der Waals surface area contributed by atoms with E-state index >= 15 is 0 Å². The van der Waals surface area contributed by atoms with Gasteiger partial charge in [-0.05, 0) is 79.9 Å². The van der Waals surface area contributed by atoms with Crippen molar-refractivity contribution in [3.63, 3.8) is 0 Å². The smallest absolute Gasteiger partial charge is 0.338 e. The van der Waals surface area contributed by atoms with Gasteiger partial charge in [-0.1, -0.05) is 70.9 Å². The maximum absolute atomic E-state index is 13.8. The largest absolute Gasteiger partial charge is 0.489 e. The van der Waals surface area contributed by atoms with Crippen LogP contribution in [0.2, 0.25) is 10.0 Å². The molecule has 0 N–H and O–H groups in total. The molecular weight excluding hydrogens is 567 g/mol. The van der Waals surface area contributed by atoms with Gasteiger partial charge in [0.2, 0.25) is 0 Å². The number of nitrogens with zero attached hydrogens (tertiary/aromatic N) is 2. The maximum atomic E-state index is 13.8. The minimum atomic E-state index is -0.689. The van der Waals surface area contributed by atoms with Gasteiger partial charge < -0.3 is 9.47 Å². The van der Waals surface area contributed by atoms with E-state index < -0.39 is 12.0 Å². The number of halogens is 2. The fourth-order valence-electron chi connectivity index (χ4n) is 4.38. The van der Waals surface area contributed by atoms with Gasteiger partial charge in [0.25, 0.3) is 5.56 Å². The number of aromatic nitrogens is 1. The number of esters is 1. The highest BCUT2D eigenvalue weighted by molar-refractivity contribution is 7.07. The van der Waals surface area contributed by atoms with E-state index in [9.17, 15) is 9.59 Å². The molecule has 1 aliphatic rings. The van der Waals surface area contributed by atoms with Crippen LogP contribution in [0.5, 0.6) is 5.75 Å². The van der Waals surface area contributed by atoms with E-state index in [-0.39, 0.29) is 11.7 Å². The Hall–Kier alpha value is -3.65. The molecule has 204 valence electrons. The normalized spacial score (nSPS) is 15.2. The molecule has 0 fully saturated rings. The topological polar surface area (TPSA) is 69.9 Å². The second kappa shape index (κ2) is 11.8. The maximum Gasteiger partial charge on any atom is 0.338 e. The average molecular weight is 594 g/mol. The summed E-state index contributed by atoms with van der Waals surface area (Å²) in [5.74, 6) is 0.208. The first-order valence-corrected chi connectivity index (χ1v) is 14.2. The van der Waals surface area contributed by atoms with Crippen LogP contribution in [0, 0.1) is 0 Å². The molecule has 9 heteroatoms. The monoisotopic (exact) mass is 592 g/mol. The van der Waals surface area contributed by atoms with Gasteiger partial charge in [-0.3, -0.25) is 9.36 Å². The standard InChI is InChI=1S/C31H26Cl2N2O4S/c1-18(2)39-30(37)27-19(3)34-31-35(28(27)22-8-12-24(33)13-9-22)29(36)26(40-31)16-20-6-14-25(15-7-20)38-17-21-4-10-23(32)11-5-21/h4-16,18,28H,17H2,1-3H3/b26-16-. The Bertz CT molecular complexity index is 1750. The molecular formula is C31H26Cl2N2O4S. The van der Waals surface area contributed by atoms with Crippen molar-refractivity contribution in [1.29, 1.82) is 0 Å². The number of hydrogen-bond donors (Lipinski definition) is 0. The number of fused-ring (bicyclic) bond motifs is 1. The molecule has 3 aromatic carbocycles. The summed E-state index contributed by atoms with van der Waals surface area (Å²) >= 11 is 13.4. The lowest BCUT2D eigenvalue weighted by molar-refractivity contribution is -0.143. The molecule has 0 bridgehead atoms. The summed E-state index contributed by atoms with van der Waals surface area (Å²) in [6.45, 7) is 5.75. The van der Waals surface area contributed by atoms with Crippen molar-refractivity contribution in [2.24, 2.45) is 4.99 Å². The fourth-order valence-corrected chi connectivity index (χ4v) is 5.68. The number of allylic oxidation sites excluding steroid dienone is 1. The van der Waals surface area contributed by atoms with E-state index in [4.69, 9.17) is 32.7 Å². The molecule has 0 aliphatic carbocycles. The van der Waals surface area contributed by atoms with Crippen LogP contribution in [0.1, 0.15) is 43.5 Å². The second-order valence-electron chi connectivity index (χ2n) is 9.57. The first-order chi connectivity index (χ1) is 19.2. The molecule has 40 heavy (non-hydrogen) atoms. The van der Waals surface area contributed by atoms with Gasteiger partial charge >= 0.3 is 5.97 Å². The van der Waals surface area contributed by atoms with Gasteiger partial charge in [-0.25, -0.2) is 9.79 Å². The molecule has 5 rings (SSSR count). The summed E-state index contributed by atoms with van der Waals surface area (Å²) in [6.07, 6.45) is 1.50. The zero-order valence-electron chi connectivity index (χ0n) is 22.1. The summed E-state index contributed by atoms with van der Waals surface area (Å²) < 4.78 is 13.5. The molecule has 1 unspecified atom stereocenters. The Kier molecular flexibility index (Phi) is 8.26. The van der Waals surface area contributed by atoms with Crippen molar-refractivity contribution in [2.45, 2.75) is 39.5 Å². The highest BCUT2D eigenvalue weighted by Crippen LogP contribution is 2.31. The molecule has 0 radical (unpaired) electrons. The number of carbonyl (C=O) groups is 1. The van der Waals surface area contributed by atoms with E-state index in [1.807, 2.05) is 66.7 Å². The molecule has 0 amide bonds. The van der Waals surface area contributed by atoms with Crippen LogP contribution in [-0.2, 0) is 16.1 Å². The number of thiazole rings is 1. The van der Waals surface area contributed by atoms with Crippen molar-refractivity contribution in [2.75, 3.05) is 0 Å². The van der Waals surface area contributed by atoms with E-state index in [0.29, 0.717) is 43.0 Å². The van der Waals surface area contributed by atoms with Crippen LogP contribution in [0.4, 0.5) is 0 Å². The summed E-state index contributed by atoms with van der Waals surface area (Å²) in [4.78, 5) is 32.1. The summed E-state index contributed by atoms with van der Waals surface area (Å²) in [6, 6.07) is 21.4. The predicted molar refractivity (Wildman–Crippen MR) is 159 cm³/mol. The third-order valence-corrected chi connectivity index (χ3v) is 7.75. The van der Waals surface area contributed by atoms with Crippen molar-refractivity contribution in [3.05, 3.63) is 130 Å². The molecule has 0 spiro atoms. The van der Waals surface area contributed by atoms with Crippen LogP contribution in [0.25, 0.3) is 6.08 Å². The quantitative estimate of drug-likeness (QED) is 0.244. The fraction of sp³-hybridized carbons (Fsp3) is 0.194. The molecule has 2 heterocycles. The van der Waals surface area contributed by atoms with Gasteiger partial charge in [-0.2, -0.15) is 0 Å². The summed E-state index contributed by atoms with van der Waals surface area (Å²) in [5, 5.41) is 1.24. The Morgan fingerprint density at radius 2 is 1.62 bits per heavy atom. The number of ether oxygens (including phenoxy) is 2. The molecule has 1 atom stereocenters. The minimum absolute atomic E-state index is 0.242. The van der Waals surface area contributed by atoms with Gasteiger partial charge in [0.05, 0.1) is 27.9 Å². The van der Waals surface area contributed by atoms with E-state index in [1.165, 1.54) is 11.3 Å². The van der Waals surface area contributed by atoms with Crippen LogP contribution in [-0.4, -0.2) is 16.6 Å². The predicted octanol–water partition coefficient (Wildman–Crippen LogP) is 6.07. The van der Waals surface area contributed by atoms with E-state index in [1.54, 1.807) is 37.5 Å². The van der Waals surface area contributed by atoms with Crippen LogP contribution >= 0.6 is 34.5 Å². The van der Waals surface area contributed by atoms with Gasteiger partial charge in [-0.15, -0.1) is 0 Å². The lowest BCUT2D eigenvalue weighted by Gasteiger charge is -2.25. The zero-order valence-corrected chi connectivity index (χ0v) is 24.4. The molecule has 6 nitrogen and oxygen atoms in total. The number of carbonyl (C=O) groups excluding carboxylic acids is 1. The molecule has 0 saturated carbocycles.